The van der Waals surface area contributed by atoms with Gasteiger partial charge in [0.1, 0.15) is 31.1 Å². The number of carbonyl (C=O) groups is 1. The fourth-order valence-electron chi connectivity index (χ4n) is 4.90. The monoisotopic (exact) mass is 479 g/mol. The van der Waals surface area contributed by atoms with Crippen molar-refractivity contribution < 1.29 is 23.9 Å². The first-order valence-corrected chi connectivity index (χ1v) is 12.7. The Kier molecular flexibility index (Phi) is 9.71. The zero-order valence-corrected chi connectivity index (χ0v) is 21.3. The number of aryl methyl sites for hydroxylation is 1. The number of carbonyl (C=O) groups excluding carboxylic acids is 1. The number of nitrogens with zero attached hydrogens (tertiary/aromatic N) is 2. The second-order valence-electron chi connectivity index (χ2n) is 10.2. The quantitative estimate of drug-likeness (QED) is 0.346. The molecule has 1 aliphatic carbocycles. The number of likely N-dealkylation sites (N-methyl/N-ethyl adjacent to an activating group) is 1. The third kappa shape index (κ3) is 8.38. The topological polar surface area (TPSA) is 79.6 Å². The third-order valence-corrected chi connectivity index (χ3v) is 6.73. The second-order valence-corrected chi connectivity index (χ2v) is 10.2. The van der Waals surface area contributed by atoms with Crippen LogP contribution in [0, 0.1) is 17.2 Å². The second kappa shape index (κ2) is 12.7. The minimum absolute atomic E-state index is 0.146. The Bertz CT molecular complexity index is 1000. The molecular formula is C29H39N2O4+. The van der Waals surface area contributed by atoms with E-state index in [2.05, 4.69) is 44.4 Å². The summed E-state index contributed by atoms with van der Waals surface area (Å²) in [7, 11) is 4.30. The summed E-state index contributed by atoms with van der Waals surface area (Å²) in [5, 5.41) is 20.2. The van der Waals surface area contributed by atoms with Crippen molar-refractivity contribution in [2.45, 2.75) is 51.6 Å². The molecule has 2 aromatic carbocycles. The molecule has 1 N–H and O–H groups in total. The molecule has 35 heavy (non-hydrogen) atoms. The Morgan fingerprint density at radius 2 is 1.91 bits per heavy atom. The molecule has 0 aromatic heterocycles. The number of ether oxygens (including phenoxy) is 2. The molecule has 0 spiro atoms. The highest BCUT2D eigenvalue weighted by Gasteiger charge is 2.26. The SMILES string of the molecule is CCOC(=O)CCCc1ccc(OC[C@H](O)C[N+](C)(C)CCC2Cc3ccccc3C2)c(C#N)c1. The highest BCUT2D eigenvalue weighted by atomic mass is 16.5. The minimum Gasteiger partial charge on any atom is -0.489 e. The largest absolute Gasteiger partial charge is 0.489 e. The number of aliphatic hydroxyl groups is 1. The van der Waals surface area contributed by atoms with Gasteiger partial charge in [0, 0.05) is 12.8 Å². The summed E-state index contributed by atoms with van der Waals surface area (Å²) >= 11 is 0. The average Bonchev–Trinajstić information content (AvgIpc) is 3.25. The van der Waals surface area contributed by atoms with Gasteiger partial charge in [-0.15, -0.1) is 0 Å². The average molecular weight is 480 g/mol. The van der Waals surface area contributed by atoms with E-state index in [0.717, 1.165) is 35.9 Å². The molecule has 1 aliphatic rings. The molecule has 0 fully saturated rings. The van der Waals surface area contributed by atoms with Crippen LogP contribution in [-0.4, -0.2) is 62.1 Å². The normalized spacial score (nSPS) is 14.3. The fraction of sp³-hybridized carbons (Fsp3) is 0.517. The predicted molar refractivity (Wildman–Crippen MR) is 136 cm³/mol. The lowest BCUT2D eigenvalue weighted by Crippen LogP contribution is -2.48. The molecule has 0 unspecified atom stereocenters. The Balaban J connectivity index is 1.43. The van der Waals surface area contributed by atoms with Crippen LogP contribution in [0.15, 0.2) is 42.5 Å². The first kappa shape index (κ1) is 26.7. The smallest absolute Gasteiger partial charge is 0.305 e. The van der Waals surface area contributed by atoms with Crippen molar-refractivity contribution in [3.63, 3.8) is 0 Å². The van der Waals surface area contributed by atoms with Gasteiger partial charge in [0.25, 0.3) is 0 Å². The van der Waals surface area contributed by atoms with E-state index in [4.69, 9.17) is 9.47 Å². The van der Waals surface area contributed by atoms with Crippen LogP contribution >= 0.6 is 0 Å². The van der Waals surface area contributed by atoms with Gasteiger partial charge in [-0.25, -0.2) is 0 Å². The lowest BCUT2D eigenvalue weighted by molar-refractivity contribution is -0.894. The number of benzene rings is 2. The van der Waals surface area contributed by atoms with Gasteiger partial charge in [0.05, 0.1) is 32.8 Å². The van der Waals surface area contributed by atoms with Crippen LogP contribution in [-0.2, 0) is 28.8 Å². The Morgan fingerprint density at radius 3 is 2.57 bits per heavy atom. The van der Waals surface area contributed by atoms with Crippen molar-refractivity contribution in [2.75, 3.05) is 40.4 Å². The van der Waals surface area contributed by atoms with Crippen molar-refractivity contribution in [1.29, 1.82) is 5.26 Å². The molecule has 0 heterocycles. The summed E-state index contributed by atoms with van der Waals surface area (Å²) in [6.07, 6.45) is 4.53. The summed E-state index contributed by atoms with van der Waals surface area (Å²) < 4.78 is 11.5. The molecular weight excluding hydrogens is 440 g/mol. The van der Waals surface area contributed by atoms with Gasteiger partial charge in [-0.3, -0.25) is 4.79 Å². The first-order chi connectivity index (χ1) is 16.8. The van der Waals surface area contributed by atoms with Crippen LogP contribution in [0.3, 0.4) is 0 Å². The summed E-state index contributed by atoms with van der Waals surface area (Å²) in [6, 6.07) is 16.4. The third-order valence-electron chi connectivity index (χ3n) is 6.73. The number of hydrogen-bond donors (Lipinski definition) is 1. The molecule has 188 valence electrons. The zero-order chi connectivity index (χ0) is 25.3. The van der Waals surface area contributed by atoms with Gasteiger partial charge in [-0.05, 0) is 67.3 Å². The first-order valence-electron chi connectivity index (χ1n) is 12.7. The maximum absolute atomic E-state index is 11.5. The van der Waals surface area contributed by atoms with Gasteiger partial charge in [0.15, 0.2) is 0 Å². The molecule has 0 saturated carbocycles. The molecule has 3 rings (SSSR count). The molecule has 0 amide bonds. The summed E-state index contributed by atoms with van der Waals surface area (Å²) in [4.78, 5) is 11.5. The molecule has 0 saturated heterocycles. The Morgan fingerprint density at radius 1 is 1.20 bits per heavy atom. The number of aliphatic hydroxyl groups excluding tert-OH is 1. The standard InChI is InChI=1S/C29H39N2O4/c1-4-34-29(33)11-7-8-22-12-13-28(26(16-22)19-30)35-21-27(32)20-31(2,3)15-14-23-17-24-9-5-6-10-25(24)18-23/h5-6,9-10,12-13,16,23,27,32H,4,7-8,11,14-15,17-18,20-21H2,1-3H3/q+1/t27-/m1/s1. The van der Waals surface area contributed by atoms with Crippen molar-refractivity contribution in [1.82, 2.24) is 0 Å². The summed E-state index contributed by atoms with van der Waals surface area (Å²) in [5.41, 5.74) is 4.38. The van der Waals surface area contributed by atoms with Gasteiger partial charge in [-0.2, -0.15) is 5.26 Å². The van der Waals surface area contributed by atoms with Crippen LogP contribution in [0.2, 0.25) is 0 Å². The molecule has 1 atom stereocenters. The minimum atomic E-state index is -0.624. The number of hydrogen-bond acceptors (Lipinski definition) is 5. The van der Waals surface area contributed by atoms with E-state index in [0.29, 0.717) is 49.6 Å². The lowest BCUT2D eigenvalue weighted by atomic mass is 10.0. The van der Waals surface area contributed by atoms with Crippen LogP contribution in [0.1, 0.15) is 48.4 Å². The van der Waals surface area contributed by atoms with E-state index >= 15 is 0 Å². The number of rotatable bonds is 13. The maximum atomic E-state index is 11.5. The molecule has 0 aliphatic heterocycles. The Labute approximate surface area is 209 Å². The van der Waals surface area contributed by atoms with Crippen LogP contribution in [0.25, 0.3) is 0 Å². The van der Waals surface area contributed by atoms with E-state index in [1.54, 1.807) is 19.1 Å². The van der Waals surface area contributed by atoms with Gasteiger partial charge < -0.3 is 19.1 Å². The van der Waals surface area contributed by atoms with Gasteiger partial charge in [0.2, 0.25) is 0 Å². The lowest BCUT2D eigenvalue weighted by Gasteiger charge is -2.32. The van der Waals surface area contributed by atoms with Crippen molar-refractivity contribution in [3.8, 4) is 11.8 Å². The maximum Gasteiger partial charge on any atom is 0.305 e. The highest BCUT2D eigenvalue weighted by molar-refractivity contribution is 5.69. The van der Waals surface area contributed by atoms with Crippen molar-refractivity contribution in [3.05, 3.63) is 64.7 Å². The van der Waals surface area contributed by atoms with E-state index in [1.165, 1.54) is 11.1 Å². The number of nitriles is 1. The van der Waals surface area contributed by atoms with Crippen LogP contribution in [0.5, 0.6) is 5.75 Å². The zero-order valence-electron chi connectivity index (χ0n) is 21.3. The van der Waals surface area contributed by atoms with Crippen LogP contribution < -0.4 is 4.74 Å². The van der Waals surface area contributed by atoms with Crippen molar-refractivity contribution >= 4 is 5.97 Å². The molecule has 6 nitrogen and oxygen atoms in total. The molecule has 2 aromatic rings. The number of esters is 1. The van der Waals surface area contributed by atoms with E-state index in [1.807, 2.05) is 6.07 Å². The van der Waals surface area contributed by atoms with E-state index in [9.17, 15) is 15.2 Å². The Hall–Kier alpha value is -2.88. The van der Waals surface area contributed by atoms with Crippen LogP contribution in [0.4, 0.5) is 0 Å². The van der Waals surface area contributed by atoms with Gasteiger partial charge in [-0.1, -0.05) is 30.3 Å². The fourth-order valence-corrected chi connectivity index (χ4v) is 4.90. The van der Waals surface area contributed by atoms with E-state index in [-0.39, 0.29) is 12.6 Å². The number of quaternary nitrogens is 1. The highest BCUT2D eigenvalue weighted by Crippen LogP contribution is 2.29. The van der Waals surface area contributed by atoms with E-state index < -0.39 is 6.10 Å². The van der Waals surface area contributed by atoms with Crippen molar-refractivity contribution in [2.24, 2.45) is 5.92 Å². The van der Waals surface area contributed by atoms with Gasteiger partial charge >= 0.3 is 5.97 Å². The summed E-state index contributed by atoms with van der Waals surface area (Å²) in [6.45, 7) is 3.92. The predicted octanol–water partition coefficient (Wildman–Crippen LogP) is 4.07. The summed E-state index contributed by atoms with van der Waals surface area (Å²) in [5.74, 6) is 0.957. The molecule has 0 radical (unpaired) electrons. The number of fused-ring (bicyclic) bond motifs is 1. The molecule has 0 bridgehead atoms. The molecule has 6 heteroatoms.